The monoisotopic (exact) mass is 371 g/mol. The van der Waals surface area contributed by atoms with Gasteiger partial charge in [-0.05, 0) is 42.5 Å². The minimum Gasteiger partial charge on any atom is -0.378 e. The smallest absolute Gasteiger partial charge is 0.261 e. The van der Waals surface area contributed by atoms with Crippen LogP contribution in [0.15, 0.2) is 42.5 Å². The molecule has 0 spiro atoms. The molecule has 2 aromatic rings. The van der Waals surface area contributed by atoms with E-state index in [1.54, 1.807) is 18.2 Å². The first-order chi connectivity index (χ1) is 12.4. The number of carbonyl (C=O) groups excluding carboxylic acids is 3. The molecule has 1 heterocycles. The van der Waals surface area contributed by atoms with Crippen LogP contribution < -0.4 is 10.2 Å². The van der Waals surface area contributed by atoms with Crippen LogP contribution in [-0.4, -0.2) is 43.3 Å². The van der Waals surface area contributed by atoms with Crippen molar-refractivity contribution in [2.75, 3.05) is 30.9 Å². The first kappa shape index (κ1) is 17.9. The van der Waals surface area contributed by atoms with Gasteiger partial charge in [0.2, 0.25) is 5.91 Å². The Hall–Kier alpha value is -2.86. The minimum atomic E-state index is -0.421. The van der Waals surface area contributed by atoms with Crippen molar-refractivity contribution < 1.29 is 14.4 Å². The Morgan fingerprint density at radius 1 is 1.04 bits per heavy atom. The number of anilines is 2. The van der Waals surface area contributed by atoms with Crippen LogP contribution in [0.4, 0.5) is 11.4 Å². The van der Waals surface area contributed by atoms with Crippen molar-refractivity contribution in [1.29, 1.82) is 0 Å². The van der Waals surface area contributed by atoms with Gasteiger partial charge in [0.25, 0.3) is 11.8 Å². The van der Waals surface area contributed by atoms with E-state index in [0.29, 0.717) is 16.3 Å². The SMILES string of the molecule is CN(C)c1ccc(NC(=O)CCN2C(=O)c3ccc(Cl)cc3C2=O)cc1. The lowest BCUT2D eigenvalue weighted by atomic mass is 10.1. The second-order valence-electron chi connectivity index (χ2n) is 6.19. The molecule has 0 atom stereocenters. The number of nitrogens with one attached hydrogen (secondary N) is 1. The molecule has 134 valence electrons. The van der Waals surface area contributed by atoms with Gasteiger partial charge in [-0.25, -0.2) is 0 Å². The van der Waals surface area contributed by atoms with Gasteiger partial charge in [-0.2, -0.15) is 0 Å². The first-order valence-corrected chi connectivity index (χ1v) is 8.47. The number of hydrogen-bond acceptors (Lipinski definition) is 4. The first-order valence-electron chi connectivity index (χ1n) is 8.10. The third-order valence-electron chi connectivity index (χ3n) is 4.16. The van der Waals surface area contributed by atoms with Gasteiger partial charge >= 0.3 is 0 Å². The number of fused-ring (bicyclic) bond motifs is 1. The highest BCUT2D eigenvalue weighted by Gasteiger charge is 2.35. The molecule has 6 nitrogen and oxygen atoms in total. The highest BCUT2D eigenvalue weighted by molar-refractivity contribution is 6.32. The van der Waals surface area contributed by atoms with E-state index in [4.69, 9.17) is 11.6 Å². The Morgan fingerprint density at radius 3 is 2.35 bits per heavy atom. The Labute approximate surface area is 156 Å². The second-order valence-corrected chi connectivity index (χ2v) is 6.63. The molecule has 1 aliphatic heterocycles. The highest BCUT2D eigenvalue weighted by Crippen LogP contribution is 2.26. The number of amides is 3. The molecule has 0 saturated carbocycles. The van der Waals surface area contributed by atoms with Gasteiger partial charge in [0.05, 0.1) is 11.1 Å². The fourth-order valence-electron chi connectivity index (χ4n) is 2.75. The number of nitrogens with zero attached hydrogens (tertiary/aromatic N) is 2. The van der Waals surface area contributed by atoms with Crippen LogP contribution in [0.5, 0.6) is 0 Å². The van der Waals surface area contributed by atoms with Crippen molar-refractivity contribution in [2.45, 2.75) is 6.42 Å². The van der Waals surface area contributed by atoms with Gasteiger partial charge in [0, 0.05) is 43.5 Å². The lowest BCUT2D eigenvalue weighted by Crippen LogP contribution is -2.32. The Kier molecular flexibility index (Phi) is 4.95. The molecule has 26 heavy (non-hydrogen) atoms. The number of carbonyl (C=O) groups is 3. The molecule has 1 aliphatic rings. The van der Waals surface area contributed by atoms with Crippen LogP contribution in [0.2, 0.25) is 5.02 Å². The summed E-state index contributed by atoms with van der Waals surface area (Å²) in [6.07, 6.45) is 0.0225. The zero-order chi connectivity index (χ0) is 18.8. The molecule has 2 aromatic carbocycles. The predicted octanol–water partition coefficient (Wildman–Crippen LogP) is 3.03. The van der Waals surface area contributed by atoms with E-state index >= 15 is 0 Å². The fraction of sp³-hybridized carbons (Fsp3) is 0.211. The van der Waals surface area contributed by atoms with Gasteiger partial charge in [-0.1, -0.05) is 11.6 Å². The maximum absolute atomic E-state index is 12.3. The summed E-state index contributed by atoms with van der Waals surface area (Å²) in [6.45, 7) is 0.0194. The summed E-state index contributed by atoms with van der Waals surface area (Å²) in [5.74, 6) is -1.09. The number of hydrogen-bond donors (Lipinski definition) is 1. The Bertz CT molecular complexity index is 878. The number of benzene rings is 2. The van der Waals surface area contributed by atoms with E-state index in [-0.39, 0.29) is 24.4 Å². The average molecular weight is 372 g/mol. The van der Waals surface area contributed by atoms with E-state index in [1.165, 1.54) is 12.1 Å². The number of halogens is 1. The zero-order valence-electron chi connectivity index (χ0n) is 14.5. The molecule has 0 fully saturated rings. The molecule has 0 aromatic heterocycles. The molecule has 0 radical (unpaired) electrons. The van der Waals surface area contributed by atoms with E-state index in [2.05, 4.69) is 5.32 Å². The third kappa shape index (κ3) is 3.55. The van der Waals surface area contributed by atoms with E-state index in [9.17, 15) is 14.4 Å². The van der Waals surface area contributed by atoms with E-state index in [0.717, 1.165) is 10.6 Å². The molecule has 0 unspecified atom stereocenters. The molecule has 0 saturated heterocycles. The molecular formula is C19H18ClN3O3. The van der Waals surface area contributed by atoms with Crippen molar-refractivity contribution in [3.8, 4) is 0 Å². The van der Waals surface area contributed by atoms with Crippen molar-refractivity contribution in [1.82, 2.24) is 4.90 Å². The Morgan fingerprint density at radius 2 is 1.69 bits per heavy atom. The molecule has 0 aliphatic carbocycles. The second kappa shape index (κ2) is 7.17. The molecular weight excluding hydrogens is 354 g/mol. The molecule has 3 rings (SSSR count). The Balaban J connectivity index is 1.60. The van der Waals surface area contributed by atoms with E-state index < -0.39 is 11.8 Å². The highest BCUT2D eigenvalue weighted by atomic mass is 35.5. The van der Waals surface area contributed by atoms with E-state index in [1.807, 2.05) is 31.1 Å². The summed E-state index contributed by atoms with van der Waals surface area (Å²) in [4.78, 5) is 39.8. The lowest BCUT2D eigenvalue weighted by Gasteiger charge is -2.14. The normalized spacial score (nSPS) is 13.0. The molecule has 3 amide bonds. The third-order valence-corrected chi connectivity index (χ3v) is 4.40. The van der Waals surface area contributed by atoms with Crippen LogP contribution in [0, 0.1) is 0 Å². The predicted molar refractivity (Wildman–Crippen MR) is 101 cm³/mol. The maximum Gasteiger partial charge on any atom is 0.261 e. The van der Waals surface area contributed by atoms with Gasteiger partial charge in [-0.15, -0.1) is 0 Å². The standard InChI is InChI=1S/C19H18ClN3O3/c1-22(2)14-6-4-13(5-7-14)21-17(24)9-10-23-18(25)15-8-3-12(20)11-16(15)19(23)26/h3-8,11H,9-10H2,1-2H3,(H,21,24). The number of imide groups is 1. The minimum absolute atomic E-state index is 0.0194. The molecule has 7 heteroatoms. The average Bonchev–Trinajstić information content (AvgIpc) is 2.84. The van der Waals surface area contributed by atoms with Gasteiger partial charge in [0.1, 0.15) is 0 Å². The van der Waals surface area contributed by atoms with Crippen molar-refractivity contribution in [3.63, 3.8) is 0 Å². The summed E-state index contributed by atoms with van der Waals surface area (Å²) in [5.41, 5.74) is 2.28. The van der Waals surface area contributed by atoms with Crippen LogP contribution in [0.1, 0.15) is 27.1 Å². The summed E-state index contributed by atoms with van der Waals surface area (Å²) in [7, 11) is 3.87. The topological polar surface area (TPSA) is 69.7 Å². The summed E-state index contributed by atoms with van der Waals surface area (Å²) >= 11 is 5.88. The fourth-order valence-corrected chi connectivity index (χ4v) is 2.92. The molecule has 1 N–H and O–H groups in total. The van der Waals surface area contributed by atoms with Crippen molar-refractivity contribution in [3.05, 3.63) is 58.6 Å². The zero-order valence-corrected chi connectivity index (χ0v) is 15.2. The van der Waals surface area contributed by atoms with Crippen LogP contribution >= 0.6 is 11.6 Å². The van der Waals surface area contributed by atoms with Gasteiger partial charge in [0.15, 0.2) is 0 Å². The quantitative estimate of drug-likeness (QED) is 0.820. The summed E-state index contributed by atoms with van der Waals surface area (Å²) < 4.78 is 0. The van der Waals surface area contributed by atoms with Crippen molar-refractivity contribution >= 4 is 40.7 Å². The summed E-state index contributed by atoms with van der Waals surface area (Å²) in [5, 5.41) is 3.16. The lowest BCUT2D eigenvalue weighted by molar-refractivity contribution is -0.116. The van der Waals surface area contributed by atoms with Crippen LogP contribution in [0.25, 0.3) is 0 Å². The number of rotatable bonds is 5. The summed E-state index contributed by atoms with van der Waals surface area (Å²) in [6, 6.07) is 12.0. The van der Waals surface area contributed by atoms with Crippen LogP contribution in [-0.2, 0) is 4.79 Å². The molecule has 0 bridgehead atoms. The largest absolute Gasteiger partial charge is 0.378 e. The van der Waals surface area contributed by atoms with Gasteiger partial charge in [-0.3, -0.25) is 19.3 Å². The van der Waals surface area contributed by atoms with Crippen molar-refractivity contribution in [2.24, 2.45) is 0 Å². The maximum atomic E-state index is 12.3. The van der Waals surface area contributed by atoms with Gasteiger partial charge < -0.3 is 10.2 Å². The van der Waals surface area contributed by atoms with Crippen LogP contribution in [0.3, 0.4) is 0 Å².